The number of aromatic nitrogens is 3. The van der Waals surface area contributed by atoms with Crippen molar-refractivity contribution in [2.75, 3.05) is 0 Å². The van der Waals surface area contributed by atoms with Crippen LogP contribution in [0.5, 0.6) is 0 Å². The number of hydrogen-bond acceptors (Lipinski definition) is 6. The van der Waals surface area contributed by atoms with E-state index in [9.17, 15) is 10.5 Å². The lowest BCUT2D eigenvalue weighted by atomic mass is 9.98. The first-order valence-electron chi connectivity index (χ1n) is 17.9. The van der Waals surface area contributed by atoms with Gasteiger partial charge in [-0.25, -0.2) is 9.97 Å². The third-order valence-electron chi connectivity index (χ3n) is 10.5. The van der Waals surface area contributed by atoms with E-state index in [1.54, 1.807) is 0 Å². The molecule has 0 aliphatic carbocycles. The molecule has 0 saturated heterocycles. The SMILES string of the molecule is N#Cc1cc(-c2nc(-c3cccc4oc5ccccc5c34)nc(-c3ccccc3)c2C#N)ccc1-n1c2ccccc2c2ccc3c4ccccc4oc3c21. The Morgan fingerprint density at radius 2 is 1.18 bits per heavy atom. The molecule has 0 aliphatic rings. The van der Waals surface area contributed by atoms with Crippen molar-refractivity contribution in [3.05, 3.63) is 163 Å². The summed E-state index contributed by atoms with van der Waals surface area (Å²) >= 11 is 0. The number of fused-ring (bicyclic) bond motifs is 10. The summed E-state index contributed by atoms with van der Waals surface area (Å²) in [5, 5.41) is 27.6. The first-order valence-corrected chi connectivity index (χ1v) is 17.9. The van der Waals surface area contributed by atoms with Crippen LogP contribution in [0, 0.1) is 22.7 Å². The van der Waals surface area contributed by atoms with Crippen molar-refractivity contribution in [1.29, 1.82) is 10.5 Å². The van der Waals surface area contributed by atoms with Crippen molar-refractivity contribution in [3.63, 3.8) is 0 Å². The van der Waals surface area contributed by atoms with Gasteiger partial charge in [-0.2, -0.15) is 10.5 Å². The lowest BCUT2D eigenvalue weighted by Gasteiger charge is -2.15. The zero-order valence-electron chi connectivity index (χ0n) is 29.0. The predicted molar refractivity (Wildman–Crippen MR) is 217 cm³/mol. The van der Waals surface area contributed by atoms with Gasteiger partial charge in [-0.05, 0) is 42.5 Å². The van der Waals surface area contributed by atoms with Gasteiger partial charge >= 0.3 is 0 Å². The largest absolute Gasteiger partial charge is 0.456 e. The summed E-state index contributed by atoms with van der Waals surface area (Å²) in [5.41, 5.74) is 9.41. The molecule has 254 valence electrons. The number of nitrogens with zero attached hydrogens (tertiary/aromatic N) is 5. The minimum Gasteiger partial charge on any atom is -0.456 e. The molecular weight excluding hydrogens is 679 g/mol. The molecule has 0 bridgehead atoms. The van der Waals surface area contributed by atoms with Crippen molar-refractivity contribution in [2.24, 2.45) is 0 Å². The zero-order valence-corrected chi connectivity index (χ0v) is 29.0. The van der Waals surface area contributed by atoms with Crippen LogP contribution < -0.4 is 0 Å². The summed E-state index contributed by atoms with van der Waals surface area (Å²) in [6, 6.07) is 54.5. The second-order valence-electron chi connectivity index (χ2n) is 13.5. The Kier molecular flexibility index (Phi) is 6.54. The fourth-order valence-electron chi connectivity index (χ4n) is 8.11. The Morgan fingerprint density at radius 3 is 1.98 bits per heavy atom. The molecule has 0 radical (unpaired) electrons. The van der Waals surface area contributed by atoms with Gasteiger partial charge in [-0.1, -0.05) is 109 Å². The maximum Gasteiger partial charge on any atom is 0.161 e. The highest BCUT2D eigenvalue weighted by Crippen LogP contribution is 2.42. The minimum absolute atomic E-state index is 0.316. The van der Waals surface area contributed by atoms with Crippen LogP contribution in [0.25, 0.3) is 105 Å². The first-order chi connectivity index (χ1) is 27.2. The van der Waals surface area contributed by atoms with Crippen LogP contribution >= 0.6 is 0 Å². The molecule has 11 aromatic rings. The average Bonchev–Trinajstić information content (AvgIpc) is 3.93. The molecule has 7 aromatic carbocycles. The monoisotopic (exact) mass is 703 g/mol. The van der Waals surface area contributed by atoms with E-state index >= 15 is 0 Å². The summed E-state index contributed by atoms with van der Waals surface area (Å²) in [5.74, 6) is 0.447. The lowest BCUT2D eigenvalue weighted by molar-refractivity contribution is 0.669. The van der Waals surface area contributed by atoms with E-state index < -0.39 is 0 Å². The van der Waals surface area contributed by atoms with Crippen molar-refractivity contribution in [3.8, 4) is 51.7 Å². The molecule has 0 spiro atoms. The van der Waals surface area contributed by atoms with E-state index in [-0.39, 0.29) is 0 Å². The van der Waals surface area contributed by atoms with Gasteiger partial charge in [-0.3, -0.25) is 0 Å². The van der Waals surface area contributed by atoms with Gasteiger partial charge in [0.15, 0.2) is 11.4 Å². The highest BCUT2D eigenvalue weighted by atomic mass is 16.3. The Hall–Kier alpha value is -8.00. The smallest absolute Gasteiger partial charge is 0.161 e. The topological polar surface area (TPSA) is 105 Å². The second kappa shape index (κ2) is 11.8. The summed E-state index contributed by atoms with van der Waals surface area (Å²) in [6.07, 6.45) is 0. The number of rotatable bonds is 4. The summed E-state index contributed by atoms with van der Waals surface area (Å²) in [4.78, 5) is 10.2. The Labute approximate surface area is 313 Å². The molecule has 0 aliphatic heterocycles. The molecule has 0 fully saturated rings. The third-order valence-corrected chi connectivity index (χ3v) is 10.5. The molecule has 0 N–H and O–H groups in total. The number of furan rings is 2. The van der Waals surface area contributed by atoms with Gasteiger partial charge in [0.25, 0.3) is 0 Å². The van der Waals surface area contributed by atoms with E-state index in [1.165, 1.54) is 0 Å². The first kappa shape index (κ1) is 30.6. The summed E-state index contributed by atoms with van der Waals surface area (Å²) < 4.78 is 14.9. The Balaban J connectivity index is 1.18. The highest BCUT2D eigenvalue weighted by molar-refractivity contribution is 6.21. The van der Waals surface area contributed by atoms with Crippen LogP contribution in [0.2, 0.25) is 0 Å². The number of benzene rings is 7. The fourth-order valence-corrected chi connectivity index (χ4v) is 8.11. The van der Waals surface area contributed by atoms with Crippen LogP contribution in [0.1, 0.15) is 11.1 Å². The lowest BCUT2D eigenvalue weighted by Crippen LogP contribution is -2.03. The molecule has 7 nitrogen and oxygen atoms in total. The molecule has 0 atom stereocenters. The standard InChI is InChI=1S/C48H25N5O2/c49-26-30-25-29(21-24-38(30)53-39-17-7-4-13-31(39)33-22-23-34-32-14-5-8-18-40(32)55-47(34)46(33)53)45-37(27-50)44(28-11-2-1-3-12-28)51-48(52-45)36-16-10-20-42-43(36)35-15-6-9-19-41(35)54-42/h1-25H. The Bertz CT molecular complexity index is 3470. The molecule has 0 saturated carbocycles. The van der Waals surface area contributed by atoms with Crippen LogP contribution in [-0.2, 0) is 0 Å². The summed E-state index contributed by atoms with van der Waals surface area (Å²) in [6.45, 7) is 0. The van der Waals surface area contributed by atoms with Gasteiger partial charge in [0.2, 0.25) is 0 Å². The minimum atomic E-state index is 0.316. The number of hydrogen-bond donors (Lipinski definition) is 0. The van der Waals surface area contributed by atoms with Crippen LogP contribution in [0.3, 0.4) is 0 Å². The van der Waals surface area contributed by atoms with E-state index in [1.807, 2.05) is 121 Å². The van der Waals surface area contributed by atoms with E-state index in [0.717, 1.165) is 76.8 Å². The predicted octanol–water partition coefficient (Wildman–Crippen LogP) is 12.1. The number of nitriles is 2. The van der Waals surface area contributed by atoms with Crippen molar-refractivity contribution < 1.29 is 8.83 Å². The maximum absolute atomic E-state index is 10.9. The summed E-state index contributed by atoms with van der Waals surface area (Å²) in [7, 11) is 0. The van der Waals surface area contributed by atoms with Gasteiger partial charge in [0, 0.05) is 49.0 Å². The van der Waals surface area contributed by atoms with E-state index in [2.05, 4.69) is 47.0 Å². The van der Waals surface area contributed by atoms with Gasteiger partial charge in [0.05, 0.1) is 33.7 Å². The normalized spacial score (nSPS) is 11.6. The number of para-hydroxylation sites is 3. The van der Waals surface area contributed by atoms with Crippen molar-refractivity contribution >= 4 is 65.7 Å². The average molecular weight is 704 g/mol. The molecule has 4 heterocycles. The van der Waals surface area contributed by atoms with Gasteiger partial charge in [-0.15, -0.1) is 0 Å². The van der Waals surface area contributed by atoms with Gasteiger partial charge in [0.1, 0.15) is 34.5 Å². The molecule has 0 unspecified atom stereocenters. The fraction of sp³-hybridized carbons (Fsp3) is 0. The van der Waals surface area contributed by atoms with E-state index in [4.69, 9.17) is 18.8 Å². The maximum atomic E-state index is 10.9. The molecule has 7 heteroatoms. The molecule has 55 heavy (non-hydrogen) atoms. The second-order valence-corrected chi connectivity index (χ2v) is 13.5. The Morgan fingerprint density at radius 1 is 0.509 bits per heavy atom. The molecule has 11 rings (SSSR count). The molecular formula is C48H25N5O2. The molecule has 4 aromatic heterocycles. The van der Waals surface area contributed by atoms with Crippen molar-refractivity contribution in [1.82, 2.24) is 14.5 Å². The van der Waals surface area contributed by atoms with Crippen molar-refractivity contribution in [2.45, 2.75) is 0 Å². The highest BCUT2D eigenvalue weighted by Gasteiger charge is 2.24. The third kappa shape index (κ3) is 4.48. The van der Waals surface area contributed by atoms with Crippen LogP contribution in [-0.4, -0.2) is 14.5 Å². The molecule has 0 amide bonds. The quantitative estimate of drug-likeness (QED) is 0.181. The van der Waals surface area contributed by atoms with Gasteiger partial charge < -0.3 is 13.4 Å². The van der Waals surface area contributed by atoms with Crippen LogP contribution in [0.15, 0.2) is 160 Å². The van der Waals surface area contributed by atoms with Crippen LogP contribution in [0.4, 0.5) is 0 Å². The zero-order chi connectivity index (χ0) is 36.6. The van der Waals surface area contributed by atoms with E-state index in [0.29, 0.717) is 39.6 Å².